The molecule has 0 radical (unpaired) electrons. The lowest BCUT2D eigenvalue weighted by atomic mass is 10.2. The number of hydrogen-bond donors (Lipinski definition) is 2. The molecule has 0 aromatic rings. The summed E-state index contributed by atoms with van der Waals surface area (Å²) in [5, 5.41) is 2.78. The molecule has 0 aliphatic rings. The van der Waals surface area contributed by atoms with Gasteiger partial charge in [-0.2, -0.15) is 0 Å². The molecule has 72 valence electrons. The molecule has 4 nitrogen and oxygen atoms in total. The number of nitrogens with two attached hydrogens (primary N) is 1. The van der Waals surface area contributed by atoms with E-state index in [1.807, 2.05) is 6.92 Å². The fraction of sp³-hybridized carbons (Fsp3) is 0.875. The minimum atomic E-state index is -0.448. The highest BCUT2D eigenvalue weighted by Crippen LogP contribution is 1.91. The van der Waals surface area contributed by atoms with E-state index in [0.717, 1.165) is 6.42 Å². The summed E-state index contributed by atoms with van der Waals surface area (Å²) in [5.74, 6) is -0.126. The lowest BCUT2D eigenvalue weighted by Crippen LogP contribution is -2.45. The first-order valence-corrected chi connectivity index (χ1v) is 4.16. The highest BCUT2D eigenvalue weighted by Gasteiger charge is 2.12. The third kappa shape index (κ3) is 4.31. The van der Waals surface area contributed by atoms with Crippen LogP contribution in [0.4, 0.5) is 0 Å². The number of carbonyl (C=O) groups is 1. The van der Waals surface area contributed by atoms with Crippen LogP contribution in [0.1, 0.15) is 20.3 Å². The van der Waals surface area contributed by atoms with Crippen molar-refractivity contribution in [2.75, 3.05) is 13.7 Å². The van der Waals surface area contributed by atoms with Crippen LogP contribution in [0.15, 0.2) is 0 Å². The van der Waals surface area contributed by atoms with E-state index in [1.165, 1.54) is 0 Å². The summed E-state index contributed by atoms with van der Waals surface area (Å²) in [6.45, 7) is 4.19. The number of ether oxygens (including phenoxy) is 1. The van der Waals surface area contributed by atoms with Gasteiger partial charge in [0.2, 0.25) is 5.91 Å². The maximum Gasteiger partial charge on any atom is 0.236 e. The first-order valence-electron chi connectivity index (χ1n) is 4.16. The number of carbonyl (C=O) groups excluding carboxylic acids is 1. The van der Waals surface area contributed by atoms with Crippen molar-refractivity contribution in [2.24, 2.45) is 5.73 Å². The van der Waals surface area contributed by atoms with Gasteiger partial charge >= 0.3 is 0 Å². The average Bonchev–Trinajstić information content (AvgIpc) is 2.03. The van der Waals surface area contributed by atoms with Crippen molar-refractivity contribution < 1.29 is 9.53 Å². The van der Waals surface area contributed by atoms with Gasteiger partial charge in [0.25, 0.3) is 0 Å². The van der Waals surface area contributed by atoms with Gasteiger partial charge in [-0.25, -0.2) is 0 Å². The van der Waals surface area contributed by atoms with E-state index in [1.54, 1.807) is 14.0 Å². The lowest BCUT2D eigenvalue weighted by molar-refractivity contribution is -0.123. The Labute approximate surface area is 73.5 Å². The molecular formula is C8H18N2O2. The van der Waals surface area contributed by atoms with Gasteiger partial charge in [0.05, 0.1) is 18.7 Å². The van der Waals surface area contributed by atoms with Gasteiger partial charge in [-0.15, -0.1) is 0 Å². The smallest absolute Gasteiger partial charge is 0.236 e. The normalized spacial score (nSPS) is 15.3. The quantitative estimate of drug-likeness (QED) is 0.610. The van der Waals surface area contributed by atoms with E-state index in [2.05, 4.69) is 5.32 Å². The fourth-order valence-electron chi connectivity index (χ4n) is 0.795. The Balaban J connectivity index is 3.77. The van der Waals surface area contributed by atoms with Gasteiger partial charge in [0.15, 0.2) is 0 Å². The highest BCUT2D eigenvalue weighted by molar-refractivity contribution is 5.81. The van der Waals surface area contributed by atoms with Crippen LogP contribution in [-0.4, -0.2) is 31.7 Å². The number of hydrogen-bond acceptors (Lipinski definition) is 3. The molecule has 4 heteroatoms. The molecule has 2 unspecified atom stereocenters. The molecule has 0 heterocycles. The molecular weight excluding hydrogens is 156 g/mol. The van der Waals surface area contributed by atoms with Crippen LogP contribution in [0.3, 0.4) is 0 Å². The van der Waals surface area contributed by atoms with E-state index in [-0.39, 0.29) is 11.9 Å². The molecule has 12 heavy (non-hydrogen) atoms. The molecule has 0 aromatic heterocycles. The molecule has 1 amide bonds. The minimum absolute atomic E-state index is 0.0773. The molecule has 0 spiro atoms. The van der Waals surface area contributed by atoms with Crippen molar-refractivity contribution in [1.29, 1.82) is 0 Å². The molecule has 3 N–H and O–H groups in total. The van der Waals surface area contributed by atoms with E-state index in [9.17, 15) is 4.79 Å². The number of rotatable bonds is 5. The van der Waals surface area contributed by atoms with Crippen LogP contribution in [0.25, 0.3) is 0 Å². The predicted molar refractivity (Wildman–Crippen MR) is 47.7 cm³/mol. The molecule has 0 rings (SSSR count). The van der Waals surface area contributed by atoms with Crippen LogP contribution in [0.5, 0.6) is 0 Å². The maximum atomic E-state index is 11.1. The second-order valence-corrected chi connectivity index (χ2v) is 2.86. The van der Waals surface area contributed by atoms with E-state index in [0.29, 0.717) is 6.61 Å². The predicted octanol–water partition coefficient (Wildman–Crippen LogP) is -0.125. The Morgan fingerprint density at radius 1 is 1.67 bits per heavy atom. The van der Waals surface area contributed by atoms with E-state index >= 15 is 0 Å². The molecule has 0 saturated carbocycles. The third-order valence-corrected chi connectivity index (χ3v) is 1.62. The van der Waals surface area contributed by atoms with Crippen LogP contribution in [0.2, 0.25) is 0 Å². The molecule has 0 saturated heterocycles. The van der Waals surface area contributed by atoms with Gasteiger partial charge in [0.1, 0.15) is 0 Å². The zero-order chi connectivity index (χ0) is 9.56. The first kappa shape index (κ1) is 11.4. The number of amides is 1. The van der Waals surface area contributed by atoms with Crippen molar-refractivity contribution in [1.82, 2.24) is 5.32 Å². The summed E-state index contributed by atoms with van der Waals surface area (Å²) in [5.41, 5.74) is 5.38. The zero-order valence-corrected chi connectivity index (χ0v) is 7.96. The Hall–Kier alpha value is -0.610. The highest BCUT2D eigenvalue weighted by atomic mass is 16.5. The van der Waals surface area contributed by atoms with Crippen molar-refractivity contribution in [3.05, 3.63) is 0 Å². The molecule has 2 atom stereocenters. The van der Waals surface area contributed by atoms with Gasteiger partial charge in [0, 0.05) is 7.11 Å². The second-order valence-electron chi connectivity index (χ2n) is 2.86. The second kappa shape index (κ2) is 5.97. The topological polar surface area (TPSA) is 64.3 Å². The van der Waals surface area contributed by atoms with Crippen LogP contribution < -0.4 is 11.1 Å². The van der Waals surface area contributed by atoms with Crippen molar-refractivity contribution in [3.63, 3.8) is 0 Å². The van der Waals surface area contributed by atoms with E-state index in [4.69, 9.17) is 10.5 Å². The summed E-state index contributed by atoms with van der Waals surface area (Å²) >= 11 is 0. The summed E-state index contributed by atoms with van der Waals surface area (Å²) in [7, 11) is 1.61. The maximum absolute atomic E-state index is 11.1. The molecule has 0 fully saturated rings. The Bertz CT molecular complexity index is 137. The van der Waals surface area contributed by atoms with Crippen LogP contribution >= 0.6 is 0 Å². The Morgan fingerprint density at radius 3 is 2.58 bits per heavy atom. The first-order chi connectivity index (χ1) is 5.61. The largest absolute Gasteiger partial charge is 0.383 e. The monoisotopic (exact) mass is 174 g/mol. The van der Waals surface area contributed by atoms with E-state index < -0.39 is 6.04 Å². The molecule has 0 aliphatic heterocycles. The summed E-state index contributed by atoms with van der Waals surface area (Å²) in [6, 6.07) is -0.371. The van der Waals surface area contributed by atoms with Gasteiger partial charge in [-0.1, -0.05) is 6.92 Å². The Kier molecular flexibility index (Phi) is 5.66. The van der Waals surface area contributed by atoms with Crippen molar-refractivity contribution in [2.45, 2.75) is 32.4 Å². The lowest BCUT2D eigenvalue weighted by Gasteiger charge is -2.17. The zero-order valence-electron chi connectivity index (χ0n) is 7.96. The van der Waals surface area contributed by atoms with Gasteiger partial charge in [-0.3, -0.25) is 4.79 Å². The molecule has 0 bridgehead atoms. The Morgan fingerprint density at radius 2 is 2.25 bits per heavy atom. The van der Waals surface area contributed by atoms with Crippen molar-refractivity contribution in [3.8, 4) is 0 Å². The molecule has 0 aromatic carbocycles. The minimum Gasteiger partial charge on any atom is -0.383 e. The third-order valence-electron chi connectivity index (χ3n) is 1.62. The number of methoxy groups -OCH3 is 1. The average molecular weight is 174 g/mol. The SMILES string of the molecule is CCC(COC)NC(=O)C(C)N. The van der Waals surface area contributed by atoms with Gasteiger partial charge in [-0.05, 0) is 13.3 Å². The standard InChI is InChI=1S/C8H18N2O2/c1-4-7(5-12-3)10-8(11)6(2)9/h6-7H,4-5,9H2,1-3H3,(H,10,11). The molecule has 0 aliphatic carbocycles. The van der Waals surface area contributed by atoms with Crippen molar-refractivity contribution >= 4 is 5.91 Å². The summed E-state index contributed by atoms with van der Waals surface area (Å²) in [6.07, 6.45) is 0.853. The summed E-state index contributed by atoms with van der Waals surface area (Å²) < 4.78 is 4.92. The van der Waals surface area contributed by atoms with Crippen LogP contribution in [0, 0.1) is 0 Å². The summed E-state index contributed by atoms with van der Waals surface area (Å²) in [4.78, 5) is 11.1. The van der Waals surface area contributed by atoms with Crippen LogP contribution in [-0.2, 0) is 9.53 Å². The number of nitrogens with one attached hydrogen (secondary N) is 1. The fourth-order valence-corrected chi connectivity index (χ4v) is 0.795. The van der Waals surface area contributed by atoms with Gasteiger partial charge < -0.3 is 15.8 Å².